The van der Waals surface area contributed by atoms with Crippen LogP contribution in [-0.2, 0) is 11.3 Å². The van der Waals surface area contributed by atoms with Crippen molar-refractivity contribution in [2.75, 3.05) is 13.1 Å². The summed E-state index contributed by atoms with van der Waals surface area (Å²) in [6.07, 6.45) is 0.765. The van der Waals surface area contributed by atoms with Gasteiger partial charge in [-0.05, 0) is 30.5 Å². The van der Waals surface area contributed by atoms with Crippen molar-refractivity contribution in [1.82, 2.24) is 4.90 Å². The minimum atomic E-state index is -0.710. The van der Waals surface area contributed by atoms with Crippen LogP contribution in [0.4, 0.5) is 9.18 Å². The number of likely N-dealkylation sites (tertiary alicyclic amines) is 1. The lowest BCUT2D eigenvalue weighted by Crippen LogP contribution is -2.38. The normalized spacial score (nSPS) is 17.6. The maximum Gasteiger partial charge on any atom is 0.404 e. The third-order valence-electron chi connectivity index (χ3n) is 3.11. The van der Waals surface area contributed by atoms with Crippen molar-refractivity contribution in [2.45, 2.75) is 25.5 Å². The van der Waals surface area contributed by atoms with Crippen LogP contribution in [0.2, 0.25) is 0 Å². The maximum atomic E-state index is 13.0. The van der Waals surface area contributed by atoms with Crippen LogP contribution in [0.25, 0.3) is 0 Å². The molecule has 2 N–H and O–H groups in total. The lowest BCUT2D eigenvalue weighted by atomic mass is 10.1. The van der Waals surface area contributed by atoms with E-state index < -0.39 is 6.09 Å². The molecule has 0 saturated carbocycles. The molecule has 1 aliphatic heterocycles. The van der Waals surface area contributed by atoms with E-state index >= 15 is 0 Å². The zero-order chi connectivity index (χ0) is 13.0. The Morgan fingerprint density at radius 2 is 2.17 bits per heavy atom. The number of benzene rings is 1. The van der Waals surface area contributed by atoms with Gasteiger partial charge in [-0.1, -0.05) is 12.1 Å². The van der Waals surface area contributed by atoms with E-state index in [0.717, 1.165) is 38.0 Å². The number of nitrogens with two attached hydrogens (primary N) is 1. The van der Waals surface area contributed by atoms with Gasteiger partial charge >= 0.3 is 6.09 Å². The summed E-state index contributed by atoms with van der Waals surface area (Å²) in [6.45, 7) is 2.38. The van der Waals surface area contributed by atoms with Gasteiger partial charge in [0, 0.05) is 19.6 Å². The van der Waals surface area contributed by atoms with Crippen molar-refractivity contribution >= 4 is 6.09 Å². The quantitative estimate of drug-likeness (QED) is 0.893. The average molecular weight is 252 g/mol. The van der Waals surface area contributed by atoms with Crippen LogP contribution in [0, 0.1) is 5.82 Å². The second kappa shape index (κ2) is 5.82. The number of carbonyl (C=O) groups excluding carboxylic acids is 1. The van der Waals surface area contributed by atoms with E-state index in [9.17, 15) is 9.18 Å². The van der Waals surface area contributed by atoms with Crippen molar-refractivity contribution in [3.63, 3.8) is 0 Å². The van der Waals surface area contributed by atoms with E-state index in [1.807, 2.05) is 6.07 Å². The van der Waals surface area contributed by atoms with Gasteiger partial charge in [-0.15, -0.1) is 0 Å². The molecule has 2 rings (SSSR count). The molecule has 1 fully saturated rings. The van der Waals surface area contributed by atoms with Crippen LogP contribution in [0.3, 0.4) is 0 Å². The topological polar surface area (TPSA) is 55.6 Å². The first-order valence-corrected chi connectivity index (χ1v) is 6.06. The van der Waals surface area contributed by atoms with E-state index in [2.05, 4.69) is 4.90 Å². The fourth-order valence-corrected chi connectivity index (χ4v) is 2.24. The minimum absolute atomic E-state index is 0.0775. The lowest BCUT2D eigenvalue weighted by Gasteiger charge is -2.31. The van der Waals surface area contributed by atoms with Gasteiger partial charge in [-0.25, -0.2) is 9.18 Å². The van der Waals surface area contributed by atoms with Gasteiger partial charge < -0.3 is 10.5 Å². The van der Waals surface area contributed by atoms with Crippen LogP contribution in [0.1, 0.15) is 18.4 Å². The van der Waals surface area contributed by atoms with E-state index in [1.54, 1.807) is 12.1 Å². The highest BCUT2D eigenvalue weighted by Crippen LogP contribution is 2.16. The Morgan fingerprint density at radius 1 is 1.44 bits per heavy atom. The lowest BCUT2D eigenvalue weighted by molar-refractivity contribution is 0.0540. The monoisotopic (exact) mass is 252 g/mol. The van der Waals surface area contributed by atoms with Crippen molar-refractivity contribution in [3.05, 3.63) is 35.6 Å². The van der Waals surface area contributed by atoms with Crippen molar-refractivity contribution < 1.29 is 13.9 Å². The molecular weight excluding hydrogens is 235 g/mol. The van der Waals surface area contributed by atoms with Crippen molar-refractivity contribution in [3.8, 4) is 0 Å². The predicted octanol–water partition coefficient (Wildman–Crippen LogP) is 1.89. The second-order valence-electron chi connectivity index (χ2n) is 4.54. The number of nitrogens with zero attached hydrogens (tertiary/aromatic N) is 1. The molecule has 0 aromatic heterocycles. The molecule has 0 unspecified atom stereocenters. The number of halogens is 1. The molecule has 1 saturated heterocycles. The van der Waals surface area contributed by atoms with E-state index in [1.165, 1.54) is 6.07 Å². The number of hydrogen-bond acceptors (Lipinski definition) is 3. The van der Waals surface area contributed by atoms with Gasteiger partial charge in [0.05, 0.1) is 0 Å². The Morgan fingerprint density at radius 3 is 2.78 bits per heavy atom. The summed E-state index contributed by atoms with van der Waals surface area (Å²) < 4.78 is 18.0. The number of amides is 1. The molecule has 0 aliphatic carbocycles. The highest BCUT2D eigenvalue weighted by molar-refractivity contribution is 5.64. The predicted molar refractivity (Wildman–Crippen MR) is 65.4 cm³/mol. The highest BCUT2D eigenvalue weighted by atomic mass is 19.1. The van der Waals surface area contributed by atoms with Crippen molar-refractivity contribution in [1.29, 1.82) is 0 Å². The highest BCUT2D eigenvalue weighted by Gasteiger charge is 2.21. The molecule has 98 valence electrons. The van der Waals surface area contributed by atoms with E-state index in [-0.39, 0.29) is 11.9 Å². The molecule has 0 spiro atoms. The first kappa shape index (κ1) is 12.8. The Kier molecular flexibility index (Phi) is 4.15. The smallest absolute Gasteiger partial charge is 0.404 e. The first-order chi connectivity index (χ1) is 8.63. The summed E-state index contributed by atoms with van der Waals surface area (Å²) in [5.74, 6) is -0.209. The molecule has 1 aromatic rings. The standard InChI is InChI=1S/C13H17FN2O2/c14-11-3-1-2-10(8-11)9-16-6-4-12(5-7-16)18-13(15)17/h1-3,8,12H,4-7,9H2,(H2,15,17). The second-order valence-corrected chi connectivity index (χ2v) is 4.54. The summed E-state index contributed by atoms with van der Waals surface area (Å²) in [6, 6.07) is 6.62. The van der Waals surface area contributed by atoms with E-state index in [0.29, 0.717) is 0 Å². The Balaban J connectivity index is 1.81. The van der Waals surface area contributed by atoms with Gasteiger partial charge in [-0.3, -0.25) is 4.90 Å². The van der Waals surface area contributed by atoms with Crippen LogP contribution >= 0.6 is 0 Å². The molecule has 18 heavy (non-hydrogen) atoms. The molecule has 4 nitrogen and oxygen atoms in total. The van der Waals surface area contributed by atoms with Crippen LogP contribution in [-0.4, -0.2) is 30.2 Å². The molecule has 1 aromatic carbocycles. The van der Waals surface area contributed by atoms with Crippen molar-refractivity contribution in [2.24, 2.45) is 5.73 Å². The third kappa shape index (κ3) is 3.70. The van der Waals surface area contributed by atoms with Gasteiger partial charge in [0.25, 0.3) is 0 Å². The van der Waals surface area contributed by atoms with Gasteiger partial charge in [0.15, 0.2) is 0 Å². The molecule has 1 aliphatic rings. The molecule has 1 heterocycles. The fourth-order valence-electron chi connectivity index (χ4n) is 2.24. The maximum absolute atomic E-state index is 13.0. The Labute approximate surface area is 106 Å². The Hall–Kier alpha value is -1.62. The fraction of sp³-hybridized carbons (Fsp3) is 0.462. The number of hydrogen-bond donors (Lipinski definition) is 1. The Bertz CT molecular complexity index is 417. The van der Waals surface area contributed by atoms with Gasteiger partial charge in [-0.2, -0.15) is 0 Å². The SMILES string of the molecule is NC(=O)OC1CCN(Cc2cccc(F)c2)CC1. The number of ether oxygens (including phenoxy) is 1. The molecular formula is C13H17FN2O2. The summed E-state index contributed by atoms with van der Waals surface area (Å²) in [5, 5.41) is 0. The van der Waals surface area contributed by atoms with Crippen LogP contribution in [0.5, 0.6) is 0 Å². The largest absolute Gasteiger partial charge is 0.446 e. The van der Waals surface area contributed by atoms with Gasteiger partial charge in [0.1, 0.15) is 11.9 Å². The first-order valence-electron chi connectivity index (χ1n) is 6.06. The zero-order valence-electron chi connectivity index (χ0n) is 10.1. The summed E-state index contributed by atoms with van der Waals surface area (Å²) in [4.78, 5) is 12.8. The summed E-state index contributed by atoms with van der Waals surface area (Å²) in [5.41, 5.74) is 5.94. The van der Waals surface area contributed by atoms with Crippen LogP contribution < -0.4 is 5.73 Å². The molecule has 5 heteroatoms. The molecule has 1 amide bonds. The molecule has 0 radical (unpaired) electrons. The number of piperidine rings is 1. The summed E-state index contributed by atoms with van der Waals surface area (Å²) in [7, 11) is 0. The van der Waals surface area contributed by atoms with Gasteiger partial charge in [0.2, 0.25) is 0 Å². The number of carbonyl (C=O) groups is 1. The van der Waals surface area contributed by atoms with E-state index in [4.69, 9.17) is 10.5 Å². The number of primary amides is 1. The van der Waals surface area contributed by atoms with Crippen LogP contribution in [0.15, 0.2) is 24.3 Å². The molecule has 0 bridgehead atoms. The summed E-state index contributed by atoms with van der Waals surface area (Å²) >= 11 is 0. The average Bonchev–Trinajstić information content (AvgIpc) is 2.31. The zero-order valence-corrected chi connectivity index (χ0v) is 10.1. The molecule has 0 atom stereocenters. The minimum Gasteiger partial charge on any atom is -0.446 e. The number of rotatable bonds is 3. The third-order valence-corrected chi connectivity index (χ3v) is 3.11.